The minimum Gasteiger partial charge on any atom is -0.439 e. The molecule has 0 bridgehead atoms. The summed E-state index contributed by atoms with van der Waals surface area (Å²) in [5.41, 5.74) is 3.58. The average molecular weight is 423 g/mol. The summed E-state index contributed by atoms with van der Waals surface area (Å²) < 4.78 is 7.82. The normalized spacial score (nSPS) is 15.9. The number of carbonyl (C=O) groups excluding carboxylic acids is 1. The van der Waals surface area contributed by atoms with E-state index in [9.17, 15) is 4.79 Å². The number of amides is 1. The number of allylic oxidation sites excluding steroid dienone is 3. The lowest BCUT2D eigenvalue weighted by atomic mass is 10.2. The molecule has 3 aromatic rings. The number of carbonyl (C=O) groups is 1. The van der Waals surface area contributed by atoms with Crippen LogP contribution in [0.4, 0.5) is 21.9 Å². The van der Waals surface area contributed by atoms with Crippen molar-refractivity contribution in [3.8, 4) is 5.88 Å². The molecular formula is C21H18N4O2S2. The van der Waals surface area contributed by atoms with Crippen LogP contribution in [0.5, 0.6) is 5.88 Å². The Morgan fingerprint density at radius 1 is 1.21 bits per heavy atom. The summed E-state index contributed by atoms with van der Waals surface area (Å²) in [6, 6.07) is 3.84. The van der Waals surface area contributed by atoms with Gasteiger partial charge in [0.2, 0.25) is 5.88 Å². The lowest BCUT2D eigenvalue weighted by molar-refractivity contribution is 0.270. The number of aromatic nitrogens is 2. The maximum Gasteiger partial charge on any atom is 0.304 e. The number of anilines is 3. The first kappa shape index (κ1) is 18.2. The molecule has 0 radical (unpaired) electrons. The highest BCUT2D eigenvalue weighted by Gasteiger charge is 2.28. The summed E-state index contributed by atoms with van der Waals surface area (Å²) in [6.07, 6.45) is 11.7. The molecule has 0 spiro atoms. The van der Waals surface area contributed by atoms with Crippen LogP contribution in [0, 0.1) is 13.8 Å². The molecule has 0 aromatic carbocycles. The zero-order valence-corrected chi connectivity index (χ0v) is 17.6. The fraction of sp³-hybridized carbons (Fsp3) is 0.190. The molecule has 0 atom stereocenters. The van der Waals surface area contributed by atoms with Gasteiger partial charge in [-0.05, 0) is 50.5 Å². The van der Waals surface area contributed by atoms with Gasteiger partial charge >= 0.3 is 5.24 Å². The van der Waals surface area contributed by atoms with E-state index < -0.39 is 0 Å². The van der Waals surface area contributed by atoms with E-state index in [2.05, 4.69) is 27.4 Å². The van der Waals surface area contributed by atoms with Crippen LogP contribution in [0.3, 0.4) is 0 Å². The van der Waals surface area contributed by atoms with Crippen LogP contribution >= 0.6 is 23.3 Å². The molecule has 1 N–H and O–H groups in total. The van der Waals surface area contributed by atoms with E-state index in [0.29, 0.717) is 5.88 Å². The van der Waals surface area contributed by atoms with Gasteiger partial charge in [0.1, 0.15) is 10.6 Å². The Morgan fingerprint density at radius 2 is 2.10 bits per heavy atom. The Bertz CT molecular complexity index is 1200. The third kappa shape index (κ3) is 3.28. The largest absolute Gasteiger partial charge is 0.439 e. The van der Waals surface area contributed by atoms with Crippen LogP contribution < -0.4 is 14.4 Å². The zero-order valence-electron chi connectivity index (χ0n) is 15.9. The number of ether oxygens (including phenoxy) is 1. The Morgan fingerprint density at radius 3 is 2.90 bits per heavy atom. The second-order valence-corrected chi connectivity index (χ2v) is 8.96. The fourth-order valence-corrected chi connectivity index (χ4v) is 5.27. The quantitative estimate of drug-likeness (QED) is 0.503. The van der Waals surface area contributed by atoms with Gasteiger partial charge < -0.3 is 10.1 Å². The minimum atomic E-state index is -0.138. The predicted octanol–water partition coefficient (Wildman–Crippen LogP) is 6.25. The molecule has 0 saturated heterocycles. The van der Waals surface area contributed by atoms with Gasteiger partial charge in [-0.3, -0.25) is 9.10 Å². The molecule has 0 unspecified atom stereocenters. The van der Waals surface area contributed by atoms with Crippen molar-refractivity contribution in [2.24, 2.45) is 0 Å². The van der Waals surface area contributed by atoms with Gasteiger partial charge in [-0.1, -0.05) is 6.08 Å². The topological polar surface area (TPSA) is 67.3 Å². The van der Waals surface area contributed by atoms with Gasteiger partial charge in [-0.25, -0.2) is 9.97 Å². The summed E-state index contributed by atoms with van der Waals surface area (Å²) in [4.78, 5) is 23.5. The first-order valence-corrected chi connectivity index (χ1v) is 10.9. The van der Waals surface area contributed by atoms with E-state index in [1.807, 2.05) is 36.4 Å². The second-order valence-electron chi connectivity index (χ2n) is 6.84. The van der Waals surface area contributed by atoms with Crippen LogP contribution in [0.2, 0.25) is 0 Å². The summed E-state index contributed by atoms with van der Waals surface area (Å²) in [6.45, 7) is 4.00. The summed E-state index contributed by atoms with van der Waals surface area (Å²) in [7, 11) is 0. The second kappa shape index (κ2) is 7.20. The fourth-order valence-electron chi connectivity index (χ4n) is 3.45. The van der Waals surface area contributed by atoms with E-state index in [4.69, 9.17) is 4.74 Å². The highest BCUT2D eigenvalue weighted by atomic mass is 32.2. The molecule has 29 heavy (non-hydrogen) atoms. The molecule has 0 fully saturated rings. The highest BCUT2D eigenvalue weighted by Crippen LogP contribution is 2.47. The standard InChI is InChI=1S/C21H18N4O2S2/c1-12-10-17(27-14-6-4-3-5-7-14)23-11-16(12)25-15-8-9-22-20-18(15)19(13(2)28-20)24-21(26)29-25/h4,6-11H,3,5H2,1-2H3,(H,24,26). The van der Waals surface area contributed by atoms with Crippen LogP contribution in [0.1, 0.15) is 23.3 Å². The van der Waals surface area contributed by atoms with Gasteiger partial charge in [0.15, 0.2) is 0 Å². The number of nitrogens with zero attached hydrogens (tertiary/aromatic N) is 3. The number of nitrogens with one attached hydrogen (secondary N) is 1. The van der Waals surface area contributed by atoms with Gasteiger partial charge in [-0.15, -0.1) is 11.3 Å². The van der Waals surface area contributed by atoms with Gasteiger partial charge in [0.25, 0.3) is 0 Å². The zero-order chi connectivity index (χ0) is 20.0. The maximum absolute atomic E-state index is 12.6. The van der Waals surface area contributed by atoms with E-state index in [-0.39, 0.29) is 5.24 Å². The Hall–Kier alpha value is -2.84. The highest BCUT2D eigenvalue weighted by molar-refractivity contribution is 8.15. The van der Waals surface area contributed by atoms with Gasteiger partial charge in [0.05, 0.1) is 40.6 Å². The van der Waals surface area contributed by atoms with E-state index >= 15 is 0 Å². The van der Waals surface area contributed by atoms with Gasteiger partial charge in [0, 0.05) is 17.1 Å². The Labute approximate surface area is 176 Å². The smallest absolute Gasteiger partial charge is 0.304 e. The van der Waals surface area contributed by atoms with Crippen LogP contribution in [-0.4, -0.2) is 15.2 Å². The Kier molecular flexibility index (Phi) is 4.52. The van der Waals surface area contributed by atoms with Crippen molar-refractivity contribution in [2.45, 2.75) is 26.7 Å². The van der Waals surface area contributed by atoms with Crippen molar-refractivity contribution in [3.05, 3.63) is 59.0 Å². The lowest BCUT2D eigenvalue weighted by Gasteiger charge is -2.23. The van der Waals surface area contributed by atoms with Crippen LogP contribution in [0.15, 0.2) is 48.5 Å². The molecule has 1 amide bonds. The predicted molar refractivity (Wildman–Crippen MR) is 119 cm³/mol. The number of thiophene rings is 1. The molecule has 146 valence electrons. The first-order chi connectivity index (χ1) is 14.1. The van der Waals surface area contributed by atoms with Crippen LogP contribution in [0.25, 0.3) is 10.2 Å². The van der Waals surface area contributed by atoms with Crippen molar-refractivity contribution < 1.29 is 9.53 Å². The number of rotatable bonds is 3. The lowest BCUT2D eigenvalue weighted by Crippen LogP contribution is -2.14. The molecule has 8 heteroatoms. The Balaban J connectivity index is 1.56. The van der Waals surface area contributed by atoms with E-state index in [1.54, 1.807) is 23.7 Å². The summed E-state index contributed by atoms with van der Waals surface area (Å²) in [5.74, 6) is 1.36. The monoisotopic (exact) mass is 422 g/mol. The molecule has 1 aliphatic heterocycles. The maximum atomic E-state index is 12.6. The molecule has 3 aromatic heterocycles. The van der Waals surface area contributed by atoms with Gasteiger partial charge in [-0.2, -0.15) is 0 Å². The molecule has 6 nitrogen and oxygen atoms in total. The van der Waals surface area contributed by atoms with Crippen LogP contribution in [-0.2, 0) is 0 Å². The van der Waals surface area contributed by atoms with E-state index in [0.717, 1.165) is 68.3 Å². The molecule has 4 heterocycles. The number of pyridine rings is 2. The average Bonchev–Trinajstić information content (AvgIpc) is 2.93. The molecular weight excluding hydrogens is 404 g/mol. The van der Waals surface area contributed by atoms with Crippen molar-refractivity contribution in [2.75, 3.05) is 9.62 Å². The van der Waals surface area contributed by atoms with E-state index in [1.165, 1.54) is 0 Å². The number of aryl methyl sites for hydroxylation is 2. The third-order valence-corrected chi connectivity index (χ3v) is 6.68. The third-order valence-electron chi connectivity index (χ3n) is 4.83. The molecule has 0 saturated carbocycles. The molecule has 5 rings (SSSR count). The summed E-state index contributed by atoms with van der Waals surface area (Å²) in [5, 5.41) is 3.84. The van der Waals surface area contributed by atoms with Crippen molar-refractivity contribution in [1.82, 2.24) is 9.97 Å². The molecule has 1 aliphatic carbocycles. The summed E-state index contributed by atoms with van der Waals surface area (Å²) >= 11 is 2.70. The molecule has 2 aliphatic rings. The minimum absolute atomic E-state index is 0.138. The van der Waals surface area contributed by atoms with Crippen molar-refractivity contribution in [3.63, 3.8) is 0 Å². The number of hydrogen-bond donors (Lipinski definition) is 1. The van der Waals surface area contributed by atoms with Crippen molar-refractivity contribution in [1.29, 1.82) is 0 Å². The van der Waals surface area contributed by atoms with Crippen molar-refractivity contribution >= 4 is 55.8 Å². The first-order valence-electron chi connectivity index (χ1n) is 9.28. The SMILES string of the molecule is Cc1cc(OC2=CCCC=C2)ncc1N1SC(=O)Nc2c(C)sc3nccc1c23. The number of hydrogen-bond acceptors (Lipinski definition) is 7.